The number of thiophene rings is 1. The maximum absolute atomic E-state index is 12.3. The predicted octanol–water partition coefficient (Wildman–Crippen LogP) is 4.11. The number of halogens is 1. The molecule has 0 aliphatic rings. The Morgan fingerprint density at radius 2 is 1.93 bits per heavy atom. The van der Waals surface area contributed by atoms with Gasteiger partial charge in [0.25, 0.3) is 5.56 Å². The molecule has 0 aliphatic heterocycles. The average Bonchev–Trinajstić information content (AvgIpc) is 3.19. The van der Waals surface area contributed by atoms with E-state index in [1.807, 2.05) is 17.5 Å². The molecule has 3 heterocycles. The summed E-state index contributed by atoms with van der Waals surface area (Å²) >= 11 is 4.85. The quantitative estimate of drug-likeness (QED) is 0.467. The Balaban J connectivity index is 1.62. The Bertz CT molecular complexity index is 1240. The lowest BCUT2D eigenvalue weighted by Gasteiger charge is -2.06. The van der Waals surface area contributed by atoms with Crippen LogP contribution in [0.4, 0.5) is 0 Å². The van der Waals surface area contributed by atoms with Gasteiger partial charge in [0.1, 0.15) is 0 Å². The third kappa shape index (κ3) is 3.91. The van der Waals surface area contributed by atoms with Gasteiger partial charge in [-0.25, -0.2) is 14.6 Å². The highest BCUT2D eigenvalue weighted by molar-refractivity contribution is 9.10. The number of aromatic nitrogens is 4. The first-order valence-corrected chi connectivity index (χ1v) is 9.94. The summed E-state index contributed by atoms with van der Waals surface area (Å²) in [5.74, 6) is 0.632. The number of hydrogen-bond donors (Lipinski definition) is 0. The Kier molecular flexibility index (Phi) is 5.10. The molecule has 0 saturated carbocycles. The van der Waals surface area contributed by atoms with Crippen molar-refractivity contribution in [1.29, 1.82) is 5.26 Å². The second-order valence-electron chi connectivity index (χ2n) is 5.93. The van der Waals surface area contributed by atoms with E-state index in [1.54, 1.807) is 36.7 Å². The number of hydrogen-bond acceptors (Lipinski definition) is 6. The molecule has 136 valence electrons. The van der Waals surface area contributed by atoms with Crippen LogP contribution in [0.25, 0.3) is 22.6 Å². The fraction of sp³-hybridized carbons (Fsp3) is 0.0500. The number of rotatable bonds is 4. The van der Waals surface area contributed by atoms with Crippen molar-refractivity contribution >= 4 is 27.3 Å². The van der Waals surface area contributed by atoms with E-state index in [0.29, 0.717) is 23.6 Å². The molecule has 0 radical (unpaired) electrons. The van der Waals surface area contributed by atoms with Crippen LogP contribution in [0.1, 0.15) is 10.4 Å². The van der Waals surface area contributed by atoms with E-state index < -0.39 is 0 Å². The van der Waals surface area contributed by atoms with Gasteiger partial charge in [0.15, 0.2) is 5.82 Å². The monoisotopic (exact) mass is 449 g/mol. The Morgan fingerprint density at radius 1 is 1.11 bits per heavy atom. The Hall–Kier alpha value is -3.15. The molecule has 0 aliphatic carbocycles. The van der Waals surface area contributed by atoms with Crippen LogP contribution in [0.5, 0.6) is 0 Å². The van der Waals surface area contributed by atoms with Crippen LogP contribution in [0.3, 0.4) is 0 Å². The minimum Gasteiger partial charge on any atom is -0.268 e. The van der Waals surface area contributed by atoms with Crippen LogP contribution in [-0.4, -0.2) is 19.7 Å². The van der Waals surface area contributed by atoms with Crippen molar-refractivity contribution in [3.63, 3.8) is 0 Å². The minimum absolute atomic E-state index is 0.185. The van der Waals surface area contributed by atoms with Gasteiger partial charge in [0, 0.05) is 39.8 Å². The average molecular weight is 450 g/mol. The van der Waals surface area contributed by atoms with Crippen LogP contribution in [0.2, 0.25) is 0 Å². The summed E-state index contributed by atoms with van der Waals surface area (Å²) in [6.45, 7) is 0.353. The van der Waals surface area contributed by atoms with Crippen LogP contribution in [-0.2, 0) is 6.54 Å². The molecule has 0 saturated heterocycles. The summed E-state index contributed by atoms with van der Waals surface area (Å²) in [4.78, 5) is 21.8. The molecule has 28 heavy (non-hydrogen) atoms. The van der Waals surface area contributed by atoms with Crippen molar-refractivity contribution in [1.82, 2.24) is 19.7 Å². The predicted molar refractivity (Wildman–Crippen MR) is 111 cm³/mol. The zero-order chi connectivity index (χ0) is 19.5. The molecule has 1 aromatic carbocycles. The lowest BCUT2D eigenvalue weighted by atomic mass is 10.1. The number of benzene rings is 1. The van der Waals surface area contributed by atoms with Crippen molar-refractivity contribution in [2.75, 3.05) is 0 Å². The van der Waals surface area contributed by atoms with Crippen molar-refractivity contribution in [3.8, 4) is 28.7 Å². The van der Waals surface area contributed by atoms with Crippen molar-refractivity contribution in [3.05, 3.63) is 85.5 Å². The molecule has 0 N–H and O–H groups in total. The van der Waals surface area contributed by atoms with E-state index in [0.717, 1.165) is 20.5 Å². The molecular weight excluding hydrogens is 438 g/mol. The summed E-state index contributed by atoms with van der Waals surface area (Å²) in [7, 11) is 0. The smallest absolute Gasteiger partial charge is 0.267 e. The third-order valence-corrected chi connectivity index (χ3v) is 5.32. The molecule has 0 bridgehead atoms. The van der Waals surface area contributed by atoms with Crippen LogP contribution < -0.4 is 5.56 Å². The normalized spacial score (nSPS) is 10.6. The molecule has 4 aromatic rings. The largest absolute Gasteiger partial charge is 0.268 e. The lowest BCUT2D eigenvalue weighted by Crippen LogP contribution is -2.22. The molecule has 6 nitrogen and oxygen atoms in total. The van der Waals surface area contributed by atoms with Gasteiger partial charge >= 0.3 is 0 Å². The third-order valence-electron chi connectivity index (χ3n) is 3.99. The maximum Gasteiger partial charge on any atom is 0.267 e. The molecule has 8 heteroatoms. The van der Waals surface area contributed by atoms with Gasteiger partial charge in [-0.05, 0) is 40.2 Å². The van der Waals surface area contributed by atoms with Crippen LogP contribution >= 0.6 is 27.3 Å². The Morgan fingerprint density at radius 3 is 2.71 bits per heavy atom. The van der Waals surface area contributed by atoms with E-state index in [1.165, 1.54) is 22.1 Å². The Labute approximate surface area is 172 Å². The van der Waals surface area contributed by atoms with E-state index in [9.17, 15) is 4.79 Å². The topological polar surface area (TPSA) is 84.5 Å². The first-order chi connectivity index (χ1) is 13.6. The highest BCUT2D eigenvalue weighted by Crippen LogP contribution is 2.24. The fourth-order valence-corrected chi connectivity index (χ4v) is 3.70. The highest BCUT2D eigenvalue weighted by atomic mass is 79.9. The van der Waals surface area contributed by atoms with Gasteiger partial charge in [0.05, 0.1) is 28.3 Å². The summed E-state index contributed by atoms with van der Waals surface area (Å²) in [5, 5.41) is 15.5. The number of nitrogens with zero attached hydrogens (tertiary/aromatic N) is 5. The summed E-state index contributed by atoms with van der Waals surface area (Å²) in [5.41, 5.74) is 2.70. The molecule has 0 atom stereocenters. The standard InChI is InChI=1S/C20H12BrN5OS/c21-16-9-23-20(24-10-16)15-7-17(28-12-15)11-26-19(27)5-4-18(25-26)14-3-1-2-13(6-14)8-22/h1-7,9-10,12H,11H2. The summed E-state index contributed by atoms with van der Waals surface area (Å²) in [6, 6.07) is 14.4. The van der Waals surface area contributed by atoms with Gasteiger partial charge in [0.2, 0.25) is 0 Å². The van der Waals surface area contributed by atoms with E-state index >= 15 is 0 Å². The molecule has 0 unspecified atom stereocenters. The van der Waals surface area contributed by atoms with Crippen LogP contribution in [0, 0.1) is 11.3 Å². The van der Waals surface area contributed by atoms with E-state index in [2.05, 4.69) is 37.1 Å². The van der Waals surface area contributed by atoms with Gasteiger partial charge < -0.3 is 0 Å². The molecule has 0 spiro atoms. The summed E-state index contributed by atoms with van der Waals surface area (Å²) in [6.07, 6.45) is 3.40. The van der Waals surface area contributed by atoms with Gasteiger partial charge in [-0.2, -0.15) is 10.4 Å². The van der Waals surface area contributed by atoms with Crippen LogP contribution in [0.15, 0.2) is 69.5 Å². The zero-order valence-corrected chi connectivity index (χ0v) is 16.8. The van der Waals surface area contributed by atoms with Gasteiger partial charge in [-0.15, -0.1) is 11.3 Å². The highest BCUT2D eigenvalue weighted by Gasteiger charge is 2.09. The molecule has 3 aromatic heterocycles. The first-order valence-electron chi connectivity index (χ1n) is 8.26. The first kappa shape index (κ1) is 18.2. The second kappa shape index (κ2) is 7.84. The fourth-order valence-electron chi connectivity index (χ4n) is 2.65. The van der Waals surface area contributed by atoms with E-state index in [-0.39, 0.29) is 5.56 Å². The minimum atomic E-state index is -0.185. The summed E-state index contributed by atoms with van der Waals surface area (Å²) < 4.78 is 2.24. The van der Waals surface area contributed by atoms with Crippen molar-refractivity contribution in [2.24, 2.45) is 0 Å². The number of nitriles is 1. The molecule has 0 fully saturated rings. The molecular formula is C20H12BrN5OS. The second-order valence-corrected chi connectivity index (χ2v) is 7.85. The zero-order valence-electron chi connectivity index (χ0n) is 14.4. The molecule has 4 rings (SSSR count). The van der Waals surface area contributed by atoms with Gasteiger partial charge in [-0.3, -0.25) is 4.79 Å². The SMILES string of the molecule is N#Cc1cccc(-c2ccc(=O)n(Cc3cc(-c4ncc(Br)cn4)cs3)n2)c1. The van der Waals surface area contributed by atoms with Crippen molar-refractivity contribution < 1.29 is 0 Å². The van der Waals surface area contributed by atoms with Crippen molar-refractivity contribution in [2.45, 2.75) is 6.54 Å². The molecule has 0 amide bonds. The van der Waals surface area contributed by atoms with E-state index in [4.69, 9.17) is 5.26 Å². The van der Waals surface area contributed by atoms with Gasteiger partial charge in [-0.1, -0.05) is 12.1 Å². The lowest BCUT2D eigenvalue weighted by molar-refractivity contribution is 0.649. The maximum atomic E-state index is 12.3.